The van der Waals surface area contributed by atoms with Gasteiger partial charge in [0.2, 0.25) is 0 Å². The minimum absolute atomic E-state index is 0.421. The number of rotatable bonds is 7. The van der Waals surface area contributed by atoms with Crippen molar-refractivity contribution in [3.05, 3.63) is 28.2 Å². The Morgan fingerprint density at radius 2 is 2.00 bits per heavy atom. The zero-order valence-corrected chi connectivity index (χ0v) is 14.2. The van der Waals surface area contributed by atoms with E-state index in [2.05, 4.69) is 67.1 Å². The first-order valence-corrected chi connectivity index (χ1v) is 8.48. The third-order valence-corrected chi connectivity index (χ3v) is 4.50. The minimum atomic E-state index is 0.421. The molecule has 3 heteroatoms. The number of thioether (sulfide) groups is 1. The van der Waals surface area contributed by atoms with Crippen LogP contribution in [0, 0.1) is 5.92 Å². The molecule has 1 atom stereocenters. The van der Waals surface area contributed by atoms with Crippen LogP contribution in [-0.4, -0.2) is 12.3 Å². The molecule has 0 aliphatic carbocycles. The molecule has 0 radical (unpaired) electrons. The Hall–Kier alpha value is 0.01000. The largest absolute Gasteiger partial charge is 0.310 e. The van der Waals surface area contributed by atoms with Gasteiger partial charge in [0.1, 0.15) is 0 Å². The van der Waals surface area contributed by atoms with E-state index in [-0.39, 0.29) is 0 Å². The maximum atomic E-state index is 3.57. The predicted molar refractivity (Wildman–Crippen MR) is 86.4 cm³/mol. The predicted octanol–water partition coefficient (Wildman–Crippen LogP) is 5.26. The molecule has 102 valence electrons. The van der Waals surface area contributed by atoms with Crippen LogP contribution in [0.15, 0.2) is 27.6 Å². The van der Waals surface area contributed by atoms with Gasteiger partial charge in [0, 0.05) is 15.4 Å². The molecule has 1 aromatic rings. The summed E-state index contributed by atoms with van der Waals surface area (Å²) in [6, 6.07) is 7.03. The van der Waals surface area contributed by atoms with Crippen LogP contribution >= 0.6 is 27.7 Å². The molecular formula is C15H24BrNS. The summed E-state index contributed by atoms with van der Waals surface area (Å²) in [5, 5.41) is 3.49. The molecule has 0 heterocycles. The molecule has 0 aromatic heterocycles. The van der Waals surface area contributed by atoms with E-state index in [0.717, 1.165) is 12.5 Å². The summed E-state index contributed by atoms with van der Waals surface area (Å²) in [5.74, 6) is 1.97. The van der Waals surface area contributed by atoms with Crippen LogP contribution in [0.2, 0.25) is 0 Å². The normalized spacial score (nSPS) is 13.0. The lowest BCUT2D eigenvalue weighted by Crippen LogP contribution is -2.18. The first kappa shape index (κ1) is 16.1. The second-order valence-corrected chi connectivity index (χ2v) is 7.04. The van der Waals surface area contributed by atoms with E-state index in [4.69, 9.17) is 0 Å². The molecular weight excluding hydrogens is 306 g/mol. The topological polar surface area (TPSA) is 12.0 Å². The van der Waals surface area contributed by atoms with Gasteiger partial charge in [0.15, 0.2) is 0 Å². The van der Waals surface area contributed by atoms with Crippen molar-refractivity contribution < 1.29 is 0 Å². The van der Waals surface area contributed by atoms with E-state index >= 15 is 0 Å². The van der Waals surface area contributed by atoms with Gasteiger partial charge in [0.05, 0.1) is 0 Å². The van der Waals surface area contributed by atoms with Crippen molar-refractivity contribution >= 4 is 27.7 Å². The van der Waals surface area contributed by atoms with Gasteiger partial charge >= 0.3 is 0 Å². The zero-order valence-electron chi connectivity index (χ0n) is 11.8. The number of nitrogens with one attached hydrogen (secondary N) is 1. The molecule has 0 saturated heterocycles. The highest BCUT2D eigenvalue weighted by atomic mass is 79.9. The Kier molecular flexibility index (Phi) is 7.35. The molecule has 0 amide bonds. The second-order valence-electron chi connectivity index (χ2n) is 4.99. The molecule has 1 unspecified atom stereocenters. The Morgan fingerprint density at radius 1 is 1.28 bits per heavy atom. The summed E-state index contributed by atoms with van der Waals surface area (Å²) in [6.45, 7) is 9.96. The number of hydrogen-bond acceptors (Lipinski definition) is 2. The lowest BCUT2D eigenvalue weighted by Gasteiger charge is -2.17. The van der Waals surface area contributed by atoms with Gasteiger partial charge in [0.25, 0.3) is 0 Å². The molecule has 0 aliphatic heterocycles. The molecule has 0 spiro atoms. The van der Waals surface area contributed by atoms with Crippen molar-refractivity contribution in [2.75, 3.05) is 12.3 Å². The van der Waals surface area contributed by atoms with E-state index in [1.54, 1.807) is 0 Å². The Bertz CT molecular complexity index is 366. The lowest BCUT2D eigenvalue weighted by molar-refractivity contribution is 0.589. The van der Waals surface area contributed by atoms with Crippen molar-refractivity contribution in [2.24, 2.45) is 5.92 Å². The smallest absolute Gasteiger partial charge is 0.0302 e. The van der Waals surface area contributed by atoms with E-state index in [9.17, 15) is 0 Å². The van der Waals surface area contributed by atoms with Crippen LogP contribution in [0.1, 0.15) is 45.7 Å². The monoisotopic (exact) mass is 329 g/mol. The molecule has 18 heavy (non-hydrogen) atoms. The third-order valence-electron chi connectivity index (χ3n) is 2.91. The van der Waals surface area contributed by atoms with Crippen molar-refractivity contribution in [1.82, 2.24) is 5.32 Å². The van der Waals surface area contributed by atoms with Crippen LogP contribution in [0.25, 0.3) is 0 Å². The van der Waals surface area contributed by atoms with Crippen LogP contribution in [0.4, 0.5) is 0 Å². The van der Waals surface area contributed by atoms with Crippen molar-refractivity contribution in [2.45, 2.75) is 45.1 Å². The molecule has 0 aliphatic rings. The van der Waals surface area contributed by atoms with Crippen LogP contribution < -0.4 is 5.32 Å². The lowest BCUT2D eigenvalue weighted by atomic mass is 10.1. The molecule has 1 N–H and O–H groups in total. The Balaban J connectivity index is 2.76. The number of hydrogen-bond donors (Lipinski definition) is 1. The fourth-order valence-corrected chi connectivity index (χ4v) is 3.76. The van der Waals surface area contributed by atoms with Gasteiger partial charge in [-0.25, -0.2) is 0 Å². The SMILES string of the molecule is CCNC(C)c1ccc(Br)cc1SCCC(C)C. The third kappa shape index (κ3) is 5.33. The van der Waals surface area contributed by atoms with E-state index in [1.807, 2.05) is 11.8 Å². The summed E-state index contributed by atoms with van der Waals surface area (Å²) < 4.78 is 1.17. The van der Waals surface area contributed by atoms with Gasteiger partial charge < -0.3 is 5.32 Å². The summed E-state index contributed by atoms with van der Waals surface area (Å²) in [7, 11) is 0. The highest BCUT2D eigenvalue weighted by Gasteiger charge is 2.10. The van der Waals surface area contributed by atoms with Crippen molar-refractivity contribution in [1.29, 1.82) is 0 Å². The number of halogens is 1. The fraction of sp³-hybridized carbons (Fsp3) is 0.600. The van der Waals surface area contributed by atoms with Gasteiger partial charge in [-0.15, -0.1) is 11.8 Å². The minimum Gasteiger partial charge on any atom is -0.310 e. The molecule has 1 aromatic carbocycles. The van der Waals surface area contributed by atoms with Crippen LogP contribution in [0.5, 0.6) is 0 Å². The second kappa shape index (κ2) is 8.23. The first-order chi connectivity index (χ1) is 8.54. The quantitative estimate of drug-likeness (QED) is 0.685. The number of benzene rings is 1. The van der Waals surface area contributed by atoms with Crippen molar-refractivity contribution in [3.63, 3.8) is 0 Å². The van der Waals surface area contributed by atoms with Gasteiger partial charge in [-0.3, -0.25) is 0 Å². The molecule has 1 rings (SSSR count). The van der Waals surface area contributed by atoms with Crippen molar-refractivity contribution in [3.8, 4) is 0 Å². The maximum Gasteiger partial charge on any atom is 0.0302 e. The fourth-order valence-electron chi connectivity index (χ4n) is 1.81. The first-order valence-electron chi connectivity index (χ1n) is 6.70. The molecule has 0 saturated carbocycles. The van der Waals surface area contributed by atoms with Crippen LogP contribution in [0.3, 0.4) is 0 Å². The maximum absolute atomic E-state index is 3.57. The highest BCUT2D eigenvalue weighted by Crippen LogP contribution is 2.31. The standard InChI is InChI=1S/C15H24BrNS/c1-5-17-12(4)14-7-6-13(16)10-15(14)18-9-8-11(2)3/h6-7,10-12,17H,5,8-9H2,1-4H3. The van der Waals surface area contributed by atoms with E-state index in [1.165, 1.54) is 27.1 Å². The van der Waals surface area contributed by atoms with Gasteiger partial charge in [-0.1, -0.05) is 42.8 Å². The average Bonchev–Trinajstić information content (AvgIpc) is 2.29. The molecule has 1 nitrogen and oxygen atoms in total. The average molecular weight is 330 g/mol. The zero-order chi connectivity index (χ0) is 13.5. The van der Waals surface area contributed by atoms with Gasteiger partial charge in [-0.2, -0.15) is 0 Å². The Labute approximate surface area is 124 Å². The van der Waals surface area contributed by atoms with Crippen LogP contribution in [-0.2, 0) is 0 Å². The summed E-state index contributed by atoms with van der Waals surface area (Å²) in [4.78, 5) is 1.40. The van der Waals surface area contributed by atoms with Gasteiger partial charge in [-0.05, 0) is 49.3 Å². The summed E-state index contributed by atoms with van der Waals surface area (Å²) in [5.41, 5.74) is 1.41. The van der Waals surface area contributed by atoms with E-state index in [0.29, 0.717) is 6.04 Å². The summed E-state index contributed by atoms with van der Waals surface area (Å²) in [6.07, 6.45) is 1.27. The molecule has 0 bridgehead atoms. The molecule has 0 fully saturated rings. The highest BCUT2D eigenvalue weighted by molar-refractivity contribution is 9.10. The Morgan fingerprint density at radius 3 is 2.61 bits per heavy atom. The van der Waals surface area contributed by atoms with E-state index < -0.39 is 0 Å². The summed E-state index contributed by atoms with van der Waals surface area (Å²) >= 11 is 5.55.